The lowest BCUT2D eigenvalue weighted by Gasteiger charge is -1.90. The summed E-state index contributed by atoms with van der Waals surface area (Å²) in [4.78, 5) is 12.4. The van der Waals surface area contributed by atoms with E-state index < -0.39 is 0 Å². The SMILES string of the molecule is C#Cc1cc2c(ccc3sc(C=O)cc32)s1. The minimum absolute atomic E-state index is 0.760. The van der Waals surface area contributed by atoms with E-state index in [1.807, 2.05) is 18.2 Å². The van der Waals surface area contributed by atoms with Gasteiger partial charge in [-0.25, -0.2) is 0 Å². The van der Waals surface area contributed by atoms with Crippen LogP contribution in [0.5, 0.6) is 0 Å². The Bertz CT molecular complexity index is 740. The van der Waals surface area contributed by atoms with Crippen molar-refractivity contribution >= 4 is 49.1 Å². The molecular weight excluding hydrogens is 236 g/mol. The first kappa shape index (κ1) is 9.59. The van der Waals surface area contributed by atoms with Crippen molar-refractivity contribution in [3.63, 3.8) is 0 Å². The second kappa shape index (κ2) is 3.44. The molecule has 0 unspecified atom stereocenters. The normalized spacial score (nSPS) is 10.7. The predicted molar refractivity (Wildman–Crippen MR) is 70.5 cm³/mol. The molecule has 0 spiro atoms. The quantitative estimate of drug-likeness (QED) is 0.467. The van der Waals surface area contributed by atoms with Crippen LogP contribution in [0.15, 0.2) is 24.3 Å². The van der Waals surface area contributed by atoms with E-state index in [1.165, 1.54) is 16.0 Å². The molecule has 0 saturated carbocycles. The van der Waals surface area contributed by atoms with Crippen LogP contribution >= 0.6 is 22.7 Å². The molecule has 1 aromatic carbocycles. The van der Waals surface area contributed by atoms with Crippen molar-refractivity contribution in [2.75, 3.05) is 0 Å². The number of fused-ring (bicyclic) bond motifs is 3. The highest BCUT2D eigenvalue weighted by Crippen LogP contribution is 2.35. The molecule has 3 heteroatoms. The van der Waals surface area contributed by atoms with Gasteiger partial charge in [0, 0.05) is 20.2 Å². The molecule has 2 heterocycles. The summed E-state index contributed by atoms with van der Waals surface area (Å²) in [5, 5.41) is 2.28. The zero-order valence-corrected chi connectivity index (χ0v) is 9.82. The van der Waals surface area contributed by atoms with Gasteiger partial charge in [0.2, 0.25) is 0 Å². The van der Waals surface area contributed by atoms with Gasteiger partial charge in [-0.3, -0.25) is 4.79 Å². The van der Waals surface area contributed by atoms with Crippen molar-refractivity contribution in [2.24, 2.45) is 0 Å². The van der Waals surface area contributed by atoms with Crippen molar-refractivity contribution in [1.82, 2.24) is 0 Å². The number of carbonyl (C=O) groups is 1. The fourth-order valence-corrected chi connectivity index (χ4v) is 3.56. The summed E-state index contributed by atoms with van der Waals surface area (Å²) >= 11 is 3.12. The molecule has 2 aromatic heterocycles. The van der Waals surface area contributed by atoms with Crippen LogP contribution in [-0.4, -0.2) is 6.29 Å². The molecular formula is C13H6OS2. The standard InChI is InChI=1S/C13H6OS2/c1-2-8-5-10-11-6-9(7-14)16-13(11)4-3-12(10)15-8/h1,3-7H. The highest BCUT2D eigenvalue weighted by molar-refractivity contribution is 7.22. The lowest BCUT2D eigenvalue weighted by Crippen LogP contribution is -1.65. The van der Waals surface area contributed by atoms with Gasteiger partial charge >= 0.3 is 0 Å². The molecule has 0 bridgehead atoms. The minimum Gasteiger partial charge on any atom is -0.297 e. The topological polar surface area (TPSA) is 17.1 Å². The summed E-state index contributed by atoms with van der Waals surface area (Å²) in [6, 6.07) is 8.06. The van der Waals surface area contributed by atoms with Crippen LogP contribution in [0.2, 0.25) is 0 Å². The monoisotopic (exact) mass is 242 g/mol. The fraction of sp³-hybridized carbons (Fsp3) is 0. The maximum Gasteiger partial charge on any atom is 0.160 e. The summed E-state index contributed by atoms with van der Waals surface area (Å²) in [6.07, 6.45) is 6.29. The number of carbonyl (C=O) groups excluding carboxylic acids is 1. The van der Waals surface area contributed by atoms with E-state index in [0.717, 1.165) is 31.5 Å². The first-order valence-electron chi connectivity index (χ1n) is 4.69. The maximum absolute atomic E-state index is 10.8. The molecule has 76 valence electrons. The highest BCUT2D eigenvalue weighted by Gasteiger charge is 2.07. The smallest absolute Gasteiger partial charge is 0.160 e. The zero-order valence-electron chi connectivity index (χ0n) is 8.19. The molecule has 0 aliphatic rings. The van der Waals surface area contributed by atoms with Crippen molar-refractivity contribution in [2.45, 2.75) is 0 Å². The Labute approximate surface area is 100 Å². The number of hydrogen-bond donors (Lipinski definition) is 0. The lowest BCUT2D eigenvalue weighted by atomic mass is 10.2. The Morgan fingerprint density at radius 1 is 1.12 bits per heavy atom. The van der Waals surface area contributed by atoms with E-state index in [1.54, 1.807) is 11.3 Å². The second-order valence-corrected chi connectivity index (χ2v) is 5.61. The molecule has 3 aromatic rings. The number of rotatable bonds is 1. The van der Waals surface area contributed by atoms with Gasteiger partial charge < -0.3 is 0 Å². The molecule has 0 atom stereocenters. The summed E-state index contributed by atoms with van der Waals surface area (Å²) in [7, 11) is 0. The Morgan fingerprint density at radius 2 is 1.81 bits per heavy atom. The zero-order chi connectivity index (χ0) is 11.1. The van der Waals surface area contributed by atoms with Crippen LogP contribution < -0.4 is 0 Å². The van der Waals surface area contributed by atoms with E-state index in [0.29, 0.717) is 0 Å². The number of thiophene rings is 2. The van der Waals surface area contributed by atoms with E-state index >= 15 is 0 Å². The van der Waals surface area contributed by atoms with Gasteiger partial charge in [-0.05, 0) is 24.3 Å². The van der Waals surface area contributed by atoms with Crippen molar-refractivity contribution in [3.8, 4) is 12.3 Å². The summed E-state index contributed by atoms with van der Waals surface area (Å²) < 4.78 is 2.31. The summed E-state index contributed by atoms with van der Waals surface area (Å²) in [5.41, 5.74) is 0. The van der Waals surface area contributed by atoms with Crippen LogP contribution in [0.25, 0.3) is 20.2 Å². The van der Waals surface area contributed by atoms with Gasteiger partial charge in [-0.15, -0.1) is 29.1 Å². The van der Waals surface area contributed by atoms with Gasteiger partial charge in [0.05, 0.1) is 9.75 Å². The van der Waals surface area contributed by atoms with Crippen molar-refractivity contribution in [1.29, 1.82) is 0 Å². The Morgan fingerprint density at radius 3 is 2.50 bits per heavy atom. The van der Waals surface area contributed by atoms with Crippen LogP contribution in [0.1, 0.15) is 14.5 Å². The second-order valence-electron chi connectivity index (χ2n) is 3.41. The molecule has 3 rings (SSSR count). The van der Waals surface area contributed by atoms with Gasteiger partial charge in [0.25, 0.3) is 0 Å². The van der Waals surface area contributed by atoms with Crippen LogP contribution in [0.4, 0.5) is 0 Å². The van der Waals surface area contributed by atoms with E-state index in [2.05, 4.69) is 12.0 Å². The van der Waals surface area contributed by atoms with E-state index in [-0.39, 0.29) is 0 Å². The molecule has 0 aliphatic heterocycles. The molecule has 1 nitrogen and oxygen atoms in total. The van der Waals surface area contributed by atoms with Crippen LogP contribution in [0.3, 0.4) is 0 Å². The molecule has 0 amide bonds. The van der Waals surface area contributed by atoms with Gasteiger partial charge in [-0.2, -0.15) is 0 Å². The van der Waals surface area contributed by atoms with Crippen molar-refractivity contribution in [3.05, 3.63) is 34.0 Å². The van der Waals surface area contributed by atoms with Crippen LogP contribution in [-0.2, 0) is 0 Å². The first-order chi connectivity index (χ1) is 7.81. The average Bonchev–Trinajstić information content (AvgIpc) is 2.90. The van der Waals surface area contributed by atoms with Gasteiger partial charge in [0.15, 0.2) is 6.29 Å². The Kier molecular flexibility index (Phi) is 2.06. The third kappa shape index (κ3) is 1.28. The summed E-state index contributed by atoms with van der Waals surface area (Å²) in [5.74, 6) is 2.65. The average molecular weight is 242 g/mol. The molecule has 0 aliphatic carbocycles. The van der Waals surface area contributed by atoms with Crippen LogP contribution in [0, 0.1) is 12.3 Å². The number of terminal acetylenes is 1. The number of aldehydes is 1. The third-order valence-electron chi connectivity index (χ3n) is 2.48. The Balaban J connectivity index is 2.47. The molecule has 0 saturated heterocycles. The minimum atomic E-state index is 0.760. The Hall–Kier alpha value is -1.63. The van der Waals surface area contributed by atoms with Gasteiger partial charge in [-0.1, -0.05) is 5.92 Å². The molecule has 0 N–H and O–H groups in total. The highest BCUT2D eigenvalue weighted by atomic mass is 32.1. The first-order valence-corrected chi connectivity index (χ1v) is 6.33. The fourth-order valence-electron chi connectivity index (χ4n) is 1.78. The third-order valence-corrected chi connectivity index (χ3v) is 4.53. The molecule has 16 heavy (non-hydrogen) atoms. The number of benzene rings is 1. The van der Waals surface area contributed by atoms with Crippen molar-refractivity contribution < 1.29 is 4.79 Å². The summed E-state index contributed by atoms with van der Waals surface area (Å²) in [6.45, 7) is 0. The number of hydrogen-bond acceptors (Lipinski definition) is 3. The lowest BCUT2D eigenvalue weighted by molar-refractivity contribution is 0.112. The van der Waals surface area contributed by atoms with E-state index in [9.17, 15) is 4.79 Å². The van der Waals surface area contributed by atoms with Gasteiger partial charge in [0.1, 0.15) is 0 Å². The van der Waals surface area contributed by atoms with E-state index in [4.69, 9.17) is 6.42 Å². The maximum atomic E-state index is 10.8. The largest absolute Gasteiger partial charge is 0.297 e. The molecule has 0 radical (unpaired) electrons. The molecule has 0 fully saturated rings. The predicted octanol–water partition coefficient (Wildman–Crippen LogP) is 3.91.